The molecule has 2 aliphatic heterocycles. The molecule has 45 heavy (non-hydrogen) atoms. The molecule has 5 saturated carbocycles. The van der Waals surface area contributed by atoms with Crippen LogP contribution in [0.15, 0.2) is 11.8 Å². The maximum atomic E-state index is 14.1. The van der Waals surface area contributed by atoms with Crippen molar-refractivity contribution in [2.75, 3.05) is 20.1 Å². The van der Waals surface area contributed by atoms with Crippen LogP contribution in [0.1, 0.15) is 89.9 Å². The van der Waals surface area contributed by atoms with E-state index >= 15 is 0 Å². The minimum Gasteiger partial charge on any atom is -0.481 e. The highest BCUT2D eigenvalue weighted by atomic mass is 79.9. The Balaban J connectivity index is 1.19. The van der Waals surface area contributed by atoms with Crippen LogP contribution in [-0.4, -0.2) is 92.9 Å². The number of aliphatic hydroxyl groups excluding tert-OH is 1. The van der Waals surface area contributed by atoms with Gasteiger partial charge in [-0.25, -0.2) is 0 Å². The van der Waals surface area contributed by atoms with E-state index in [1.807, 2.05) is 13.2 Å². The number of rotatable bonds is 9. The molecule has 0 spiro atoms. The summed E-state index contributed by atoms with van der Waals surface area (Å²) in [6.45, 7) is 0.612. The largest absolute Gasteiger partial charge is 0.481 e. The number of carbonyl (C=O) groups excluding carboxylic acids is 3. The maximum absolute atomic E-state index is 14.1. The van der Waals surface area contributed by atoms with E-state index in [0.29, 0.717) is 35.7 Å². The first-order valence-electron chi connectivity index (χ1n) is 17.5. The second-order valence-electron chi connectivity index (χ2n) is 14.9. The number of hydrogen-bond donors (Lipinski definition) is 4. The molecular weight excluding hydrogens is 640 g/mol. The van der Waals surface area contributed by atoms with Crippen molar-refractivity contribution in [3.8, 4) is 0 Å². The van der Waals surface area contributed by atoms with Crippen LogP contribution < -0.4 is 10.6 Å². The second-order valence-corrected chi connectivity index (χ2v) is 16.1. The lowest BCUT2D eigenvalue weighted by Crippen LogP contribution is -2.57. The number of aliphatic carboxylic acids is 1. The molecule has 250 valence electrons. The summed E-state index contributed by atoms with van der Waals surface area (Å²) < 4.78 is 0. The van der Waals surface area contributed by atoms with Gasteiger partial charge in [-0.05, 0) is 87.3 Å². The number of carboxylic acid groups (broad SMARTS) is 1. The Labute approximate surface area is 275 Å². The van der Waals surface area contributed by atoms with Gasteiger partial charge in [0.1, 0.15) is 12.1 Å². The fourth-order valence-corrected chi connectivity index (χ4v) is 10.5. The standard InChI is InChI=1S/C34H51BrN4O6/c1-38(17-21-6-2-4-8-25(21)35)32(42)27(14-22-16-36-26-9-5-3-7-24(22)26)37-31(41)28-15-23(40)18-39(28)33(43)29-19-10-12-20(13-11-19)30(29)34(44)45/h16,19-21,23-30,36,40H,2-15,17-18H2,1H3,(H,37,41)(H,44,45)/t19?,20?,21?,23-,24?,25?,26?,27?,28?,29+,30-/m1/s1. The molecule has 10 nitrogen and oxygen atoms in total. The van der Waals surface area contributed by atoms with E-state index in [2.05, 4.69) is 26.6 Å². The predicted octanol–water partition coefficient (Wildman–Crippen LogP) is 3.42. The summed E-state index contributed by atoms with van der Waals surface area (Å²) in [5, 5.41) is 27.3. The molecule has 0 radical (unpaired) electrons. The van der Waals surface area contributed by atoms with Gasteiger partial charge in [0.15, 0.2) is 0 Å². The molecule has 4 N–H and O–H groups in total. The van der Waals surface area contributed by atoms with Crippen LogP contribution in [0, 0.1) is 35.5 Å². The number of carboxylic acids is 1. The smallest absolute Gasteiger partial charge is 0.307 e. The first-order chi connectivity index (χ1) is 21.6. The second kappa shape index (κ2) is 13.9. The number of fused-ring (bicyclic) bond motifs is 4. The number of alkyl halides is 1. The number of hydrogen-bond acceptors (Lipinski definition) is 6. The number of likely N-dealkylation sites (N-methyl/N-ethyl adjacent to an activating group) is 1. The summed E-state index contributed by atoms with van der Waals surface area (Å²) in [5.74, 6) is -2.63. The number of halogens is 1. The zero-order valence-electron chi connectivity index (χ0n) is 26.5. The van der Waals surface area contributed by atoms with E-state index in [4.69, 9.17) is 0 Å². The minimum absolute atomic E-state index is 0.00278. The van der Waals surface area contributed by atoms with Crippen molar-refractivity contribution in [1.82, 2.24) is 20.4 Å². The fourth-order valence-electron chi connectivity index (χ4n) is 9.74. The number of aliphatic hydroxyl groups is 1. The SMILES string of the molecule is CN(CC1CCCCC1Br)C(=O)C(CC1=CNC2CCCCC12)NC(=O)C1C[C@@H](O)CN1C(=O)[C@H]1C2CCC(CC2)[C@H]1C(=O)O. The number of amides is 3. The molecule has 3 amide bonds. The molecule has 7 aliphatic rings. The van der Waals surface area contributed by atoms with Crippen molar-refractivity contribution in [3.63, 3.8) is 0 Å². The van der Waals surface area contributed by atoms with Gasteiger partial charge in [0.2, 0.25) is 17.7 Å². The first kappa shape index (κ1) is 32.8. The van der Waals surface area contributed by atoms with Crippen LogP contribution in [0.3, 0.4) is 0 Å². The number of β-amino-alcohol motifs (C(OH)–C–C–N with tert-alkyl or cyclic N) is 1. The van der Waals surface area contributed by atoms with E-state index in [-0.39, 0.29) is 36.6 Å². The van der Waals surface area contributed by atoms with Crippen molar-refractivity contribution in [1.29, 1.82) is 0 Å². The van der Waals surface area contributed by atoms with Crippen LogP contribution in [-0.2, 0) is 19.2 Å². The van der Waals surface area contributed by atoms with Gasteiger partial charge in [-0.15, -0.1) is 0 Å². The molecule has 7 rings (SSSR count). The summed E-state index contributed by atoms with van der Waals surface area (Å²) in [6.07, 6.45) is 13.9. The minimum atomic E-state index is -0.944. The lowest BCUT2D eigenvalue weighted by molar-refractivity contribution is -0.163. The van der Waals surface area contributed by atoms with Gasteiger partial charge in [-0.2, -0.15) is 0 Å². The van der Waals surface area contributed by atoms with Crippen LogP contribution in [0.25, 0.3) is 0 Å². The van der Waals surface area contributed by atoms with Crippen molar-refractivity contribution < 1.29 is 29.4 Å². The average Bonchev–Trinajstić information content (AvgIpc) is 3.64. The van der Waals surface area contributed by atoms with Gasteiger partial charge in [0.25, 0.3) is 0 Å². The maximum Gasteiger partial charge on any atom is 0.307 e. The fraction of sp³-hybridized carbons (Fsp3) is 0.824. The number of nitrogens with zero attached hydrogens (tertiary/aromatic N) is 2. The third-order valence-corrected chi connectivity index (χ3v) is 13.3. The molecule has 1 saturated heterocycles. The molecular formula is C34H51BrN4O6. The Bertz CT molecular complexity index is 1170. The quantitative estimate of drug-likeness (QED) is 0.272. The zero-order chi connectivity index (χ0) is 31.8. The van der Waals surface area contributed by atoms with Gasteiger partial charge < -0.3 is 30.6 Å². The lowest BCUT2D eigenvalue weighted by Gasteiger charge is -2.47. The average molecular weight is 692 g/mol. The van der Waals surface area contributed by atoms with Gasteiger partial charge in [-0.3, -0.25) is 19.2 Å². The van der Waals surface area contributed by atoms with Crippen molar-refractivity contribution in [3.05, 3.63) is 11.8 Å². The Kier molecular flexibility index (Phi) is 10.1. The van der Waals surface area contributed by atoms with Crippen LogP contribution in [0.5, 0.6) is 0 Å². The highest BCUT2D eigenvalue weighted by Crippen LogP contribution is 2.50. The Morgan fingerprint density at radius 2 is 1.67 bits per heavy atom. The summed E-state index contributed by atoms with van der Waals surface area (Å²) in [4.78, 5) is 58.1. The molecule has 5 aliphatic carbocycles. The lowest BCUT2D eigenvalue weighted by atomic mass is 9.58. The van der Waals surface area contributed by atoms with E-state index in [1.54, 1.807) is 4.90 Å². The van der Waals surface area contributed by atoms with E-state index in [9.17, 15) is 29.4 Å². The van der Waals surface area contributed by atoms with E-state index < -0.39 is 41.9 Å². The van der Waals surface area contributed by atoms with Crippen LogP contribution in [0.4, 0.5) is 0 Å². The highest BCUT2D eigenvalue weighted by Gasteiger charge is 2.53. The topological polar surface area (TPSA) is 139 Å². The predicted molar refractivity (Wildman–Crippen MR) is 172 cm³/mol. The number of likely N-dealkylation sites (tertiary alicyclic amines) is 1. The molecule has 0 aromatic heterocycles. The van der Waals surface area contributed by atoms with Crippen LogP contribution in [0.2, 0.25) is 0 Å². The molecule has 2 heterocycles. The molecule has 6 fully saturated rings. The van der Waals surface area contributed by atoms with Crippen molar-refractivity contribution in [2.24, 2.45) is 35.5 Å². The first-order valence-corrected chi connectivity index (χ1v) is 18.4. The Morgan fingerprint density at radius 3 is 2.38 bits per heavy atom. The third kappa shape index (κ3) is 6.81. The highest BCUT2D eigenvalue weighted by molar-refractivity contribution is 9.09. The number of nitrogens with one attached hydrogen (secondary N) is 2. The van der Waals surface area contributed by atoms with Gasteiger partial charge in [-0.1, -0.05) is 41.6 Å². The normalized spacial score (nSPS) is 38.1. The summed E-state index contributed by atoms with van der Waals surface area (Å²) >= 11 is 3.82. The molecule has 9 atom stereocenters. The Hall–Kier alpha value is -2.14. The zero-order valence-corrected chi connectivity index (χ0v) is 28.1. The third-order valence-electron chi connectivity index (χ3n) is 12.1. The van der Waals surface area contributed by atoms with E-state index in [0.717, 1.165) is 69.8 Å². The van der Waals surface area contributed by atoms with Crippen LogP contribution >= 0.6 is 15.9 Å². The van der Waals surface area contributed by atoms with Gasteiger partial charge in [0.05, 0.1) is 17.9 Å². The summed E-state index contributed by atoms with van der Waals surface area (Å²) in [7, 11) is 1.82. The molecule has 11 heteroatoms. The molecule has 0 aromatic rings. The van der Waals surface area contributed by atoms with Gasteiger partial charge >= 0.3 is 5.97 Å². The Morgan fingerprint density at radius 1 is 1.00 bits per heavy atom. The summed E-state index contributed by atoms with van der Waals surface area (Å²) in [6, 6.07) is -1.35. The van der Waals surface area contributed by atoms with Gasteiger partial charge in [0, 0.05) is 43.3 Å². The molecule has 6 unspecified atom stereocenters. The molecule has 0 aromatic carbocycles. The van der Waals surface area contributed by atoms with E-state index in [1.165, 1.54) is 17.7 Å². The monoisotopic (exact) mass is 690 g/mol. The van der Waals surface area contributed by atoms with Crippen molar-refractivity contribution >= 4 is 39.6 Å². The van der Waals surface area contributed by atoms with Crippen molar-refractivity contribution in [2.45, 2.75) is 119 Å². The molecule has 2 bridgehead atoms. The summed E-state index contributed by atoms with van der Waals surface area (Å²) in [5.41, 5.74) is 1.16. The number of carbonyl (C=O) groups is 4.